The molecular formula is C11H11FN2. The fourth-order valence-electron chi connectivity index (χ4n) is 1.49. The summed E-state index contributed by atoms with van der Waals surface area (Å²) in [4.78, 5) is 4.29. The highest BCUT2D eigenvalue weighted by Crippen LogP contribution is 2.17. The van der Waals surface area contributed by atoms with Crippen LogP contribution in [0.2, 0.25) is 0 Å². The third-order valence-electron chi connectivity index (χ3n) is 2.30. The largest absolute Gasteiger partial charge is 0.326 e. The van der Waals surface area contributed by atoms with Crippen molar-refractivity contribution in [2.75, 3.05) is 0 Å². The van der Waals surface area contributed by atoms with Crippen molar-refractivity contribution < 1.29 is 4.39 Å². The Bertz CT molecular complexity index is 480. The molecule has 2 aromatic rings. The fourth-order valence-corrected chi connectivity index (χ4v) is 1.49. The lowest BCUT2D eigenvalue weighted by Crippen LogP contribution is -2.01. The molecule has 0 saturated carbocycles. The van der Waals surface area contributed by atoms with E-state index in [1.807, 2.05) is 13.0 Å². The van der Waals surface area contributed by atoms with Gasteiger partial charge < -0.3 is 5.73 Å². The molecular weight excluding hydrogens is 179 g/mol. The van der Waals surface area contributed by atoms with Gasteiger partial charge in [0.15, 0.2) is 0 Å². The molecule has 0 aliphatic carbocycles. The lowest BCUT2D eigenvalue weighted by molar-refractivity contribution is 0.629. The summed E-state index contributed by atoms with van der Waals surface area (Å²) in [7, 11) is 0. The van der Waals surface area contributed by atoms with Gasteiger partial charge in [0.2, 0.25) is 0 Å². The first-order chi connectivity index (χ1) is 6.70. The lowest BCUT2D eigenvalue weighted by Gasteiger charge is -2.04. The minimum Gasteiger partial charge on any atom is -0.326 e. The highest BCUT2D eigenvalue weighted by molar-refractivity contribution is 5.79. The summed E-state index contributed by atoms with van der Waals surface area (Å²) < 4.78 is 12.9. The highest BCUT2D eigenvalue weighted by Gasteiger charge is 2.02. The third-order valence-corrected chi connectivity index (χ3v) is 2.30. The topological polar surface area (TPSA) is 38.9 Å². The molecule has 0 atom stereocenters. The molecule has 72 valence electrons. The quantitative estimate of drug-likeness (QED) is 0.748. The number of hydrogen-bond acceptors (Lipinski definition) is 2. The standard InChI is InChI=1S/C11H11FN2/c1-7-9(6-13)4-8-2-3-10(12)5-11(8)14-7/h2-5H,6,13H2,1H3. The first-order valence-electron chi connectivity index (χ1n) is 4.46. The van der Waals surface area contributed by atoms with Crippen LogP contribution in [0.25, 0.3) is 10.9 Å². The molecule has 0 bridgehead atoms. The highest BCUT2D eigenvalue weighted by atomic mass is 19.1. The van der Waals surface area contributed by atoms with Crippen molar-refractivity contribution in [1.82, 2.24) is 4.98 Å². The maximum absolute atomic E-state index is 12.9. The number of nitrogens with two attached hydrogens (primary N) is 1. The third kappa shape index (κ3) is 1.46. The number of halogens is 1. The number of fused-ring (bicyclic) bond motifs is 1. The van der Waals surface area contributed by atoms with E-state index in [4.69, 9.17) is 5.73 Å². The number of aromatic nitrogens is 1. The van der Waals surface area contributed by atoms with Crippen LogP contribution in [0, 0.1) is 12.7 Å². The fraction of sp³-hybridized carbons (Fsp3) is 0.182. The van der Waals surface area contributed by atoms with Crippen molar-refractivity contribution in [3.63, 3.8) is 0 Å². The number of hydrogen-bond donors (Lipinski definition) is 1. The van der Waals surface area contributed by atoms with Crippen LogP contribution in [0.15, 0.2) is 24.3 Å². The molecule has 0 radical (unpaired) electrons. The van der Waals surface area contributed by atoms with Gasteiger partial charge in [0, 0.05) is 23.7 Å². The maximum atomic E-state index is 12.9. The molecule has 1 heterocycles. The molecule has 2 N–H and O–H groups in total. The van der Waals surface area contributed by atoms with Gasteiger partial charge in [-0.15, -0.1) is 0 Å². The second-order valence-electron chi connectivity index (χ2n) is 3.27. The molecule has 0 spiro atoms. The van der Waals surface area contributed by atoms with Crippen LogP contribution >= 0.6 is 0 Å². The molecule has 2 nitrogen and oxygen atoms in total. The zero-order valence-corrected chi connectivity index (χ0v) is 7.92. The minimum atomic E-state index is -0.259. The van der Waals surface area contributed by atoms with Crippen LogP contribution in [0.3, 0.4) is 0 Å². The van der Waals surface area contributed by atoms with Crippen molar-refractivity contribution in [3.05, 3.63) is 41.3 Å². The van der Waals surface area contributed by atoms with Crippen molar-refractivity contribution in [3.8, 4) is 0 Å². The molecule has 0 fully saturated rings. The molecule has 3 heteroatoms. The summed E-state index contributed by atoms with van der Waals surface area (Å²) >= 11 is 0. The summed E-state index contributed by atoms with van der Waals surface area (Å²) in [6.45, 7) is 2.35. The Labute approximate surface area is 81.6 Å². The van der Waals surface area contributed by atoms with Gasteiger partial charge in [-0.25, -0.2) is 4.39 Å². The summed E-state index contributed by atoms with van der Waals surface area (Å²) in [5.41, 5.74) is 8.11. The van der Waals surface area contributed by atoms with Crippen LogP contribution in [0.1, 0.15) is 11.3 Å². The van der Waals surface area contributed by atoms with E-state index < -0.39 is 0 Å². The molecule has 0 unspecified atom stereocenters. The Morgan fingerprint density at radius 2 is 2.14 bits per heavy atom. The zero-order valence-electron chi connectivity index (χ0n) is 7.92. The number of pyridine rings is 1. The van der Waals surface area contributed by atoms with Crippen LogP contribution in [-0.2, 0) is 6.54 Å². The first-order valence-corrected chi connectivity index (χ1v) is 4.46. The van der Waals surface area contributed by atoms with Gasteiger partial charge >= 0.3 is 0 Å². The van der Waals surface area contributed by atoms with Gasteiger partial charge in [0.25, 0.3) is 0 Å². The van der Waals surface area contributed by atoms with Crippen molar-refractivity contribution in [2.45, 2.75) is 13.5 Å². The number of rotatable bonds is 1. The Balaban J connectivity index is 2.73. The number of aryl methyl sites for hydroxylation is 1. The Morgan fingerprint density at radius 1 is 1.36 bits per heavy atom. The molecule has 0 aliphatic rings. The van der Waals surface area contributed by atoms with Gasteiger partial charge in [-0.2, -0.15) is 0 Å². The molecule has 14 heavy (non-hydrogen) atoms. The van der Waals surface area contributed by atoms with E-state index in [0.717, 1.165) is 16.6 Å². The van der Waals surface area contributed by atoms with E-state index in [9.17, 15) is 4.39 Å². The van der Waals surface area contributed by atoms with Crippen LogP contribution in [0.5, 0.6) is 0 Å². The zero-order chi connectivity index (χ0) is 10.1. The summed E-state index contributed by atoms with van der Waals surface area (Å²) in [6.07, 6.45) is 0. The predicted octanol–water partition coefficient (Wildman–Crippen LogP) is 2.14. The van der Waals surface area contributed by atoms with Crippen molar-refractivity contribution in [1.29, 1.82) is 0 Å². The first kappa shape index (κ1) is 9.09. The van der Waals surface area contributed by atoms with Crippen molar-refractivity contribution in [2.24, 2.45) is 5.73 Å². The molecule has 2 rings (SSSR count). The van der Waals surface area contributed by atoms with Gasteiger partial charge in [-0.3, -0.25) is 4.98 Å². The van der Waals surface area contributed by atoms with Gasteiger partial charge in [0.05, 0.1) is 5.52 Å². The smallest absolute Gasteiger partial charge is 0.125 e. The maximum Gasteiger partial charge on any atom is 0.125 e. The molecule has 0 amide bonds. The van der Waals surface area contributed by atoms with E-state index in [-0.39, 0.29) is 5.82 Å². The van der Waals surface area contributed by atoms with E-state index in [0.29, 0.717) is 12.1 Å². The minimum absolute atomic E-state index is 0.259. The van der Waals surface area contributed by atoms with Gasteiger partial charge in [0.1, 0.15) is 5.82 Å². The lowest BCUT2D eigenvalue weighted by atomic mass is 10.1. The second-order valence-corrected chi connectivity index (χ2v) is 3.27. The average molecular weight is 190 g/mol. The van der Waals surface area contributed by atoms with Gasteiger partial charge in [-0.05, 0) is 30.7 Å². The number of nitrogens with zero attached hydrogens (tertiary/aromatic N) is 1. The molecule has 1 aromatic heterocycles. The molecule has 0 aliphatic heterocycles. The predicted molar refractivity (Wildman–Crippen MR) is 54.3 cm³/mol. The van der Waals surface area contributed by atoms with E-state index in [1.165, 1.54) is 12.1 Å². The normalized spacial score (nSPS) is 10.8. The Morgan fingerprint density at radius 3 is 2.86 bits per heavy atom. The summed E-state index contributed by atoms with van der Waals surface area (Å²) in [5, 5.41) is 0.928. The monoisotopic (exact) mass is 190 g/mol. The average Bonchev–Trinajstić information content (AvgIpc) is 2.16. The van der Waals surface area contributed by atoms with Crippen LogP contribution < -0.4 is 5.73 Å². The van der Waals surface area contributed by atoms with E-state index >= 15 is 0 Å². The van der Waals surface area contributed by atoms with Gasteiger partial charge in [-0.1, -0.05) is 0 Å². The SMILES string of the molecule is Cc1nc2cc(F)ccc2cc1CN. The second kappa shape index (κ2) is 3.35. The van der Waals surface area contributed by atoms with E-state index in [1.54, 1.807) is 6.07 Å². The van der Waals surface area contributed by atoms with Crippen LogP contribution in [-0.4, -0.2) is 4.98 Å². The summed E-state index contributed by atoms with van der Waals surface area (Å²) in [5.74, 6) is -0.259. The Kier molecular flexibility index (Phi) is 2.17. The molecule has 1 aromatic carbocycles. The number of benzene rings is 1. The summed E-state index contributed by atoms with van der Waals surface area (Å²) in [6, 6.07) is 6.54. The molecule has 0 saturated heterocycles. The van der Waals surface area contributed by atoms with Crippen molar-refractivity contribution >= 4 is 10.9 Å². The Hall–Kier alpha value is -1.48. The van der Waals surface area contributed by atoms with Crippen LogP contribution in [0.4, 0.5) is 4.39 Å². The van der Waals surface area contributed by atoms with E-state index in [2.05, 4.69) is 4.98 Å².